The first-order valence-corrected chi connectivity index (χ1v) is 49.0. The number of likely N-dealkylation sites (tertiary alicyclic amines) is 4. The van der Waals surface area contributed by atoms with E-state index in [-0.39, 0.29) is 42.0 Å². The summed E-state index contributed by atoms with van der Waals surface area (Å²) in [5, 5.41) is 47.6. The molecule has 5 aliphatic heterocycles. The molecule has 30 nitrogen and oxygen atoms in total. The first-order chi connectivity index (χ1) is 62.0. The number of aldehydes is 1. The Labute approximate surface area is 803 Å². The van der Waals surface area contributed by atoms with Crippen LogP contribution in [0.3, 0.4) is 0 Å². The third kappa shape index (κ3) is 28.8. The Morgan fingerprint density at radius 2 is 0.789 bits per heavy atom. The lowest BCUT2D eigenvalue weighted by Gasteiger charge is -2.35. The average Bonchev–Trinajstić information content (AvgIpc) is 1.58. The molecule has 33 heteroatoms. The molecule has 4 atom stereocenters. The predicted octanol–water partition coefficient (Wildman–Crippen LogP) is 18.2. The van der Waals surface area contributed by atoms with Crippen LogP contribution in [0.5, 0.6) is 0 Å². The van der Waals surface area contributed by atoms with E-state index in [0.29, 0.717) is 55.6 Å². The Kier molecular flexibility index (Phi) is 33.2. The number of hydrogen-bond donors (Lipinski definition) is 0. The Morgan fingerprint density at radius 1 is 0.451 bits per heavy atom. The lowest BCUT2D eigenvalue weighted by atomic mass is 9.82. The third-order valence-electron chi connectivity index (χ3n) is 28.8. The fourth-order valence-corrected chi connectivity index (χ4v) is 19.5. The van der Waals surface area contributed by atoms with Gasteiger partial charge in [0.05, 0.1) is 52.5 Å². The number of halogens is 2. The molecular formula is C100H156BCl2N21O9. The van der Waals surface area contributed by atoms with Crippen LogP contribution in [-0.2, 0) is 55.9 Å². The quantitative estimate of drug-likeness (QED) is 0.0438. The molecule has 0 radical (unpaired) electrons. The minimum Gasteiger partial charge on any atom is -0.444 e. The van der Waals surface area contributed by atoms with Crippen molar-refractivity contribution >= 4 is 77.9 Å². The summed E-state index contributed by atoms with van der Waals surface area (Å²) >= 11 is 11.6. The van der Waals surface area contributed by atoms with Gasteiger partial charge in [0.1, 0.15) is 34.5 Å². The van der Waals surface area contributed by atoms with Gasteiger partial charge in [-0.2, -0.15) is 20.4 Å². The number of piperidine rings is 4. The van der Waals surface area contributed by atoms with Crippen LogP contribution in [0.4, 0.5) is 31.8 Å². The van der Waals surface area contributed by atoms with Gasteiger partial charge in [-0.25, -0.2) is 14.4 Å². The number of amides is 3. The summed E-state index contributed by atoms with van der Waals surface area (Å²) in [6.07, 6.45) is 24.2. The topological polar surface area (TPSA) is 294 Å². The summed E-state index contributed by atoms with van der Waals surface area (Å²) < 4.78 is 34.0. The smallest absolute Gasteiger partial charge is 0.444 e. The van der Waals surface area contributed by atoms with Gasteiger partial charge in [-0.1, -0.05) is 64.7 Å². The number of nitrogens with zero attached hydrogens (tertiary/aromatic N) is 21. The van der Waals surface area contributed by atoms with Crippen LogP contribution < -0.4 is 20.3 Å². The zero-order valence-corrected chi connectivity index (χ0v) is 86.9. The maximum atomic E-state index is 12.3. The number of carbonyl (C=O) groups excluding carboxylic acids is 4. The van der Waals surface area contributed by atoms with Gasteiger partial charge in [0, 0.05) is 108 Å². The zero-order chi connectivity index (χ0) is 97.6. The van der Waals surface area contributed by atoms with Crippen molar-refractivity contribution in [3.05, 3.63) is 99.8 Å². The molecule has 12 heterocycles. The molecule has 7 aromatic rings. The third-order valence-corrected chi connectivity index (χ3v) is 29.2. The number of aromatic nitrogens is 14. The van der Waals surface area contributed by atoms with Crippen molar-refractivity contribution in [1.29, 1.82) is 0 Å². The number of rotatable bonds is 18. The molecule has 133 heavy (non-hydrogen) atoms. The van der Waals surface area contributed by atoms with Crippen molar-refractivity contribution in [3.63, 3.8) is 0 Å². The van der Waals surface area contributed by atoms with Crippen LogP contribution >= 0.6 is 23.2 Å². The number of anilines is 3. The van der Waals surface area contributed by atoms with E-state index in [9.17, 15) is 19.2 Å². The van der Waals surface area contributed by atoms with Crippen LogP contribution in [0.15, 0.2) is 67.1 Å². The van der Waals surface area contributed by atoms with E-state index in [2.05, 4.69) is 157 Å². The average molecular weight is 1880 g/mol. The van der Waals surface area contributed by atoms with Gasteiger partial charge < -0.3 is 62.6 Å². The molecule has 3 amide bonds. The van der Waals surface area contributed by atoms with Crippen LogP contribution in [0, 0.1) is 76.9 Å². The predicted molar refractivity (Wildman–Crippen MR) is 527 cm³/mol. The second-order valence-electron chi connectivity index (χ2n) is 45.9. The molecule has 7 aromatic heterocycles. The number of hydrogen-bond acceptors (Lipinski definition) is 24. The summed E-state index contributed by atoms with van der Waals surface area (Å²) in [6, 6.07) is 15.6. The van der Waals surface area contributed by atoms with E-state index in [1.807, 2.05) is 197 Å². The molecule has 9 fully saturated rings. The number of carbonyl (C=O) groups is 4. The first kappa shape index (κ1) is 105. The SMILES string of the molecule is CC(C)(C)CC=O.CC(C)(C)OC(=O)N1CCC2(CC1)CC2CCc1ccc(Cl)nn1.CN(CC1CC12CCN(C(=O)OC(C)(C)C)CC2)c1ccc(Cl)nn1.Cc1cnn(C)c1-c1ccc(N(C)CC2CC23CCN(C(=O)OC(C)(C)C)CC3)nn1.Cc1cnn(C)c1-c1ccc(N(C)CC2CC23CCN(CCC(C)(C)C)CC3)nn1.Cc1cnn(C)c1B1OC(C)(C)C(C)(C)O1. The highest BCUT2D eigenvalue weighted by atomic mass is 35.5. The number of ether oxygens (including phenoxy) is 3. The Bertz CT molecular complexity index is 4910. The molecule has 4 aliphatic carbocycles. The van der Waals surface area contributed by atoms with Gasteiger partial charge >= 0.3 is 25.4 Å². The van der Waals surface area contributed by atoms with E-state index in [1.54, 1.807) is 12.1 Å². The van der Waals surface area contributed by atoms with Gasteiger partial charge in [-0.05, 0) is 348 Å². The van der Waals surface area contributed by atoms with Gasteiger partial charge in [0.2, 0.25) is 0 Å². The van der Waals surface area contributed by atoms with Crippen LogP contribution in [-0.4, -0.2) is 249 Å². The Hall–Kier alpha value is -8.65. The van der Waals surface area contributed by atoms with E-state index in [1.165, 1.54) is 64.6 Å². The van der Waals surface area contributed by atoms with E-state index in [4.69, 9.17) is 46.7 Å². The van der Waals surface area contributed by atoms with Crippen LogP contribution in [0.25, 0.3) is 22.8 Å². The maximum absolute atomic E-state index is 12.3. The molecule has 0 N–H and O–H groups in total. The van der Waals surface area contributed by atoms with E-state index >= 15 is 0 Å². The lowest BCUT2D eigenvalue weighted by molar-refractivity contribution is -0.109. The summed E-state index contributed by atoms with van der Waals surface area (Å²) in [5.41, 5.74) is 9.59. The summed E-state index contributed by atoms with van der Waals surface area (Å²) in [4.78, 5) is 61.3. The highest BCUT2D eigenvalue weighted by Gasteiger charge is 2.59. The highest BCUT2D eigenvalue weighted by molar-refractivity contribution is 6.61. The fourth-order valence-electron chi connectivity index (χ4n) is 19.3. The molecular weight excluding hydrogens is 1720 g/mol. The van der Waals surface area contributed by atoms with Crippen LogP contribution in [0.2, 0.25) is 10.3 Å². The normalized spacial score (nSPS) is 21.0. The maximum Gasteiger partial charge on any atom is 0.514 e. The molecule has 0 aromatic carbocycles. The Morgan fingerprint density at radius 3 is 1.08 bits per heavy atom. The summed E-state index contributed by atoms with van der Waals surface area (Å²) in [6.45, 7) is 56.3. The van der Waals surface area contributed by atoms with Crippen molar-refractivity contribution in [1.82, 2.24) is 89.7 Å². The molecule has 16 rings (SSSR count). The Balaban J connectivity index is 0.000000159. The standard InChI is InChI=1S/C24H38N6.C23H34N6O2.C18H27ClN4O2.C18H26ClN3O2.C11H19BN2O2.C6H12O/c1-18-16-25-29(6)22(18)20-7-8-21(27-26-20)28(5)17-19-15-24(19)10-13-30(14-11-24)12-9-23(2,3)4;1-16-14-24-28(6)20(16)18-7-8-19(26-25-18)27(5)15-17-13-23(17)9-11-29(12-10-23)21(30)31-22(2,3)4;1-17(2,3)25-16(24)23-9-7-18(8-10-23)11-13(18)12-22(4)15-6-5-14(19)20-21-15;1-17(2,3)24-16(23)22-10-8-18(9-11-22)12-13(18)4-5-14-6-7-15(19)21-20-14;1-8-7-13-14(6)9(8)12-15-10(2,3)11(4,5)16-12;1-6(2,3)4-5-7/h7-8,16,19H,9-15,17H2,1-6H3;7-8,14,17H,9-13,15H2,1-6H3;5-6,13H,7-12H2,1-4H3;6-7,13H,4-5,8-12H2,1-3H3;7H,1-6H3;5H,4H2,1-3H3. The van der Waals surface area contributed by atoms with Gasteiger partial charge in [-0.3, -0.25) is 14.0 Å². The van der Waals surface area contributed by atoms with Crippen molar-refractivity contribution in [2.75, 3.05) is 114 Å². The molecule has 0 bridgehead atoms. The van der Waals surface area contributed by atoms with E-state index < -0.39 is 16.8 Å². The summed E-state index contributed by atoms with van der Waals surface area (Å²) in [5.74, 6) is 5.52. The summed E-state index contributed by atoms with van der Waals surface area (Å²) in [7, 11) is 11.7. The molecule has 4 unspecified atom stereocenters. The minimum absolute atomic E-state index is 0.175. The van der Waals surface area contributed by atoms with Crippen molar-refractivity contribution in [3.8, 4) is 22.8 Å². The highest BCUT2D eigenvalue weighted by Crippen LogP contribution is 2.63. The lowest BCUT2D eigenvalue weighted by Crippen LogP contribution is -2.42. The van der Waals surface area contributed by atoms with E-state index in [0.717, 1.165) is 197 Å². The van der Waals surface area contributed by atoms with Gasteiger partial charge in [0.25, 0.3) is 0 Å². The molecule has 9 aliphatic rings. The molecule has 4 saturated carbocycles. The van der Waals surface area contributed by atoms with Gasteiger partial charge in [-0.15, -0.1) is 35.7 Å². The van der Waals surface area contributed by atoms with Crippen molar-refractivity contribution in [2.45, 2.75) is 283 Å². The molecule has 4 spiro atoms. The largest absolute Gasteiger partial charge is 0.514 e. The number of aryl methyl sites for hydroxylation is 7. The first-order valence-electron chi connectivity index (χ1n) is 48.2. The van der Waals surface area contributed by atoms with Gasteiger partial charge in [0.15, 0.2) is 27.8 Å². The second-order valence-corrected chi connectivity index (χ2v) is 46.6. The molecule has 732 valence electrons. The van der Waals surface area contributed by atoms with Crippen molar-refractivity contribution in [2.24, 2.45) is 77.3 Å². The zero-order valence-electron chi connectivity index (χ0n) is 85.4. The fraction of sp³-hybridized carbons (Fsp3) is 0.710. The second kappa shape index (κ2) is 42.1. The molecule has 5 saturated heterocycles. The minimum atomic E-state index is -0.441. The van der Waals surface area contributed by atoms with Crippen molar-refractivity contribution < 1.29 is 42.7 Å². The monoisotopic (exact) mass is 1880 g/mol. The van der Waals surface area contributed by atoms with Crippen LogP contribution in [0.1, 0.15) is 250 Å².